The Morgan fingerprint density at radius 3 is 2.76 bits per heavy atom. The summed E-state index contributed by atoms with van der Waals surface area (Å²) in [7, 11) is 0. The highest BCUT2D eigenvalue weighted by Crippen LogP contribution is 2.29. The van der Waals surface area contributed by atoms with E-state index < -0.39 is 0 Å². The van der Waals surface area contributed by atoms with E-state index in [1.54, 1.807) is 35.0 Å². The van der Waals surface area contributed by atoms with Crippen LogP contribution in [0.3, 0.4) is 0 Å². The SMILES string of the molecule is Cc1noc(C)c1CSc1ccccc1C(=O)Nc1ccc(-n2ccnc2)nc1. The Balaban J connectivity index is 1.47. The Morgan fingerprint density at radius 1 is 1.21 bits per heavy atom. The van der Waals surface area contributed by atoms with Crippen LogP contribution in [0.1, 0.15) is 27.4 Å². The number of hydrogen-bond acceptors (Lipinski definition) is 6. The van der Waals surface area contributed by atoms with E-state index in [9.17, 15) is 4.79 Å². The third-order valence-electron chi connectivity index (χ3n) is 4.46. The van der Waals surface area contributed by atoms with E-state index in [-0.39, 0.29) is 5.91 Å². The van der Waals surface area contributed by atoms with Gasteiger partial charge in [0, 0.05) is 28.6 Å². The van der Waals surface area contributed by atoms with E-state index in [0.717, 1.165) is 27.7 Å². The van der Waals surface area contributed by atoms with Crippen molar-refractivity contribution in [3.05, 3.63) is 83.9 Å². The van der Waals surface area contributed by atoms with Crippen LogP contribution in [-0.2, 0) is 5.75 Å². The quantitative estimate of drug-likeness (QED) is 0.478. The smallest absolute Gasteiger partial charge is 0.256 e. The van der Waals surface area contributed by atoms with Crippen molar-refractivity contribution < 1.29 is 9.32 Å². The maximum Gasteiger partial charge on any atom is 0.256 e. The number of hydrogen-bond donors (Lipinski definition) is 1. The Bertz CT molecular complexity index is 1100. The molecule has 3 aromatic heterocycles. The Labute approximate surface area is 172 Å². The molecule has 0 aliphatic carbocycles. The molecule has 0 unspecified atom stereocenters. The van der Waals surface area contributed by atoms with E-state index in [1.165, 1.54) is 0 Å². The van der Waals surface area contributed by atoms with Gasteiger partial charge in [-0.2, -0.15) is 0 Å². The fourth-order valence-electron chi connectivity index (χ4n) is 2.84. The summed E-state index contributed by atoms with van der Waals surface area (Å²) in [6.45, 7) is 3.82. The molecular weight excluding hydrogens is 386 g/mol. The van der Waals surface area contributed by atoms with Gasteiger partial charge in [0.15, 0.2) is 0 Å². The van der Waals surface area contributed by atoms with Crippen LogP contribution in [-0.4, -0.2) is 25.6 Å². The van der Waals surface area contributed by atoms with Crippen molar-refractivity contribution in [2.24, 2.45) is 0 Å². The number of thioether (sulfide) groups is 1. The monoisotopic (exact) mass is 405 g/mol. The van der Waals surface area contributed by atoms with E-state index in [1.807, 2.05) is 56.4 Å². The summed E-state index contributed by atoms with van der Waals surface area (Å²) in [5.74, 6) is 2.05. The second-order valence-corrected chi connectivity index (χ2v) is 7.43. The Hall–Kier alpha value is -3.39. The maximum atomic E-state index is 12.8. The van der Waals surface area contributed by atoms with Gasteiger partial charge < -0.3 is 9.84 Å². The zero-order valence-electron chi connectivity index (χ0n) is 16.0. The standard InChI is InChI=1S/C21H19N5O2S/c1-14-18(15(2)28-25-14)12-29-19-6-4-3-5-17(19)21(27)24-16-7-8-20(23-11-16)26-10-9-22-13-26/h3-11,13H,12H2,1-2H3,(H,24,27). The summed E-state index contributed by atoms with van der Waals surface area (Å²) in [6, 6.07) is 11.2. The lowest BCUT2D eigenvalue weighted by Crippen LogP contribution is -2.13. The third kappa shape index (κ3) is 4.22. The van der Waals surface area contributed by atoms with Crippen molar-refractivity contribution in [3.63, 3.8) is 0 Å². The highest BCUT2D eigenvalue weighted by Gasteiger charge is 2.15. The second-order valence-electron chi connectivity index (χ2n) is 6.42. The van der Waals surface area contributed by atoms with Crippen LogP contribution in [0.5, 0.6) is 0 Å². The first-order chi connectivity index (χ1) is 14.1. The molecule has 4 rings (SSSR count). The molecule has 8 heteroatoms. The number of aromatic nitrogens is 4. The molecule has 0 fully saturated rings. The predicted molar refractivity (Wildman–Crippen MR) is 111 cm³/mol. The molecular formula is C21H19N5O2S. The number of carbonyl (C=O) groups excluding carboxylic acids is 1. The fourth-order valence-corrected chi connectivity index (χ4v) is 4.05. The lowest BCUT2D eigenvalue weighted by molar-refractivity contribution is 0.102. The van der Waals surface area contributed by atoms with Crippen LogP contribution in [0.15, 0.2) is 70.7 Å². The summed E-state index contributed by atoms with van der Waals surface area (Å²) >= 11 is 1.59. The third-order valence-corrected chi connectivity index (χ3v) is 5.56. The van der Waals surface area contributed by atoms with Gasteiger partial charge in [0.25, 0.3) is 5.91 Å². The van der Waals surface area contributed by atoms with Gasteiger partial charge in [-0.15, -0.1) is 11.8 Å². The minimum Gasteiger partial charge on any atom is -0.361 e. The highest BCUT2D eigenvalue weighted by atomic mass is 32.2. The van der Waals surface area contributed by atoms with Crippen molar-refractivity contribution in [3.8, 4) is 5.82 Å². The molecule has 0 saturated carbocycles. The number of carbonyl (C=O) groups is 1. The molecule has 4 aromatic rings. The molecule has 3 heterocycles. The normalized spacial score (nSPS) is 10.8. The molecule has 0 aliphatic heterocycles. The summed E-state index contributed by atoms with van der Waals surface area (Å²) in [6.07, 6.45) is 6.81. The van der Waals surface area contributed by atoms with Crippen LogP contribution >= 0.6 is 11.8 Å². The van der Waals surface area contributed by atoms with Gasteiger partial charge in [-0.3, -0.25) is 9.36 Å². The number of aryl methyl sites for hydroxylation is 2. The largest absolute Gasteiger partial charge is 0.361 e. The molecule has 0 radical (unpaired) electrons. The van der Waals surface area contributed by atoms with Gasteiger partial charge in [0.1, 0.15) is 17.9 Å². The molecule has 0 bridgehead atoms. The molecule has 1 aromatic carbocycles. The summed E-state index contributed by atoms with van der Waals surface area (Å²) in [5.41, 5.74) is 3.18. The lowest BCUT2D eigenvalue weighted by Gasteiger charge is -2.10. The number of benzene rings is 1. The van der Waals surface area contributed by atoms with Gasteiger partial charge in [-0.05, 0) is 38.1 Å². The molecule has 7 nitrogen and oxygen atoms in total. The molecule has 1 N–H and O–H groups in total. The van der Waals surface area contributed by atoms with Crippen LogP contribution in [0.4, 0.5) is 5.69 Å². The second kappa shape index (κ2) is 8.32. The maximum absolute atomic E-state index is 12.8. The van der Waals surface area contributed by atoms with Gasteiger partial charge in [-0.25, -0.2) is 9.97 Å². The molecule has 29 heavy (non-hydrogen) atoms. The van der Waals surface area contributed by atoms with Gasteiger partial charge >= 0.3 is 0 Å². The molecule has 0 atom stereocenters. The topological polar surface area (TPSA) is 85.8 Å². The first-order valence-corrected chi connectivity index (χ1v) is 9.99. The summed E-state index contributed by atoms with van der Waals surface area (Å²) < 4.78 is 7.02. The van der Waals surface area contributed by atoms with Crippen molar-refractivity contribution in [2.75, 3.05) is 5.32 Å². The number of rotatable bonds is 6. The number of imidazole rings is 1. The first kappa shape index (κ1) is 18.9. The van der Waals surface area contributed by atoms with E-state index >= 15 is 0 Å². The molecule has 0 aliphatic rings. The van der Waals surface area contributed by atoms with Crippen molar-refractivity contribution >= 4 is 23.4 Å². The van der Waals surface area contributed by atoms with E-state index in [2.05, 4.69) is 20.4 Å². The van der Waals surface area contributed by atoms with Gasteiger partial charge in [0.05, 0.1) is 23.1 Å². The number of anilines is 1. The van der Waals surface area contributed by atoms with Crippen molar-refractivity contribution in [1.82, 2.24) is 19.7 Å². The van der Waals surface area contributed by atoms with Crippen LogP contribution < -0.4 is 5.32 Å². The molecule has 0 spiro atoms. The fraction of sp³-hybridized carbons (Fsp3) is 0.143. The molecule has 0 saturated heterocycles. The van der Waals surface area contributed by atoms with Crippen molar-refractivity contribution in [1.29, 1.82) is 0 Å². The average Bonchev–Trinajstić information content (AvgIpc) is 3.38. The number of nitrogens with zero attached hydrogens (tertiary/aromatic N) is 4. The van der Waals surface area contributed by atoms with E-state index in [4.69, 9.17) is 4.52 Å². The summed E-state index contributed by atoms with van der Waals surface area (Å²) in [4.78, 5) is 22.1. The molecule has 1 amide bonds. The van der Waals surface area contributed by atoms with E-state index in [0.29, 0.717) is 17.0 Å². The average molecular weight is 405 g/mol. The highest BCUT2D eigenvalue weighted by molar-refractivity contribution is 7.98. The zero-order valence-corrected chi connectivity index (χ0v) is 16.8. The van der Waals surface area contributed by atoms with Crippen molar-refractivity contribution in [2.45, 2.75) is 24.5 Å². The van der Waals surface area contributed by atoms with Crippen LogP contribution in [0.25, 0.3) is 5.82 Å². The minimum atomic E-state index is -0.177. The van der Waals surface area contributed by atoms with Gasteiger partial charge in [-0.1, -0.05) is 17.3 Å². The predicted octanol–water partition coefficient (Wildman–Crippen LogP) is 4.42. The molecule has 146 valence electrons. The lowest BCUT2D eigenvalue weighted by atomic mass is 10.2. The Kier molecular flexibility index (Phi) is 5.44. The van der Waals surface area contributed by atoms with Crippen LogP contribution in [0.2, 0.25) is 0 Å². The summed E-state index contributed by atoms with van der Waals surface area (Å²) in [5, 5.41) is 6.90. The Morgan fingerprint density at radius 2 is 2.07 bits per heavy atom. The van der Waals surface area contributed by atoms with Gasteiger partial charge in [0.2, 0.25) is 0 Å². The number of pyridine rings is 1. The minimum absolute atomic E-state index is 0.177. The zero-order chi connectivity index (χ0) is 20.2. The van der Waals surface area contributed by atoms with Crippen LogP contribution in [0, 0.1) is 13.8 Å². The first-order valence-electron chi connectivity index (χ1n) is 9.01. The number of nitrogens with one attached hydrogen (secondary N) is 1. The number of amides is 1.